The summed E-state index contributed by atoms with van der Waals surface area (Å²) < 4.78 is 4.84. The Balaban J connectivity index is 1.86. The van der Waals surface area contributed by atoms with Crippen molar-refractivity contribution < 1.29 is 9.53 Å². The fourth-order valence-corrected chi connectivity index (χ4v) is 3.65. The number of hydrogen-bond donors (Lipinski definition) is 0. The van der Waals surface area contributed by atoms with Crippen LogP contribution in [0.3, 0.4) is 0 Å². The fourth-order valence-electron chi connectivity index (χ4n) is 3.65. The molecule has 1 saturated heterocycles. The van der Waals surface area contributed by atoms with E-state index in [1.807, 2.05) is 6.07 Å². The van der Waals surface area contributed by atoms with Crippen LogP contribution in [0, 0.1) is 5.92 Å². The molecule has 3 rings (SSSR count). The van der Waals surface area contributed by atoms with Gasteiger partial charge in [0.25, 0.3) is 0 Å². The largest absolute Gasteiger partial charge is 0.464 e. The van der Waals surface area contributed by atoms with Crippen LogP contribution >= 0.6 is 0 Å². The topological polar surface area (TPSA) is 42.4 Å². The highest BCUT2D eigenvalue weighted by Crippen LogP contribution is 2.27. The van der Waals surface area contributed by atoms with Crippen LogP contribution in [-0.4, -0.2) is 36.1 Å². The van der Waals surface area contributed by atoms with Crippen LogP contribution in [0.25, 0.3) is 0 Å². The Morgan fingerprint density at radius 3 is 3.05 bits per heavy atom. The van der Waals surface area contributed by atoms with E-state index in [-0.39, 0.29) is 5.97 Å². The number of ether oxygens (including phenoxy) is 1. The highest BCUT2D eigenvalue weighted by molar-refractivity contribution is 5.87. The molecule has 1 aromatic heterocycles. The first kappa shape index (κ1) is 14.5. The number of methoxy groups -OCH3 is 1. The van der Waals surface area contributed by atoms with Gasteiger partial charge in [-0.05, 0) is 61.8 Å². The average molecular weight is 288 g/mol. The number of fused-ring (bicyclic) bond motifs is 1. The second-order valence-corrected chi connectivity index (χ2v) is 6.42. The third kappa shape index (κ3) is 3.10. The summed E-state index contributed by atoms with van der Waals surface area (Å²) in [5, 5.41) is 0. The van der Waals surface area contributed by atoms with Crippen molar-refractivity contribution in [2.75, 3.05) is 20.2 Å². The summed E-state index contributed by atoms with van der Waals surface area (Å²) in [5.41, 5.74) is 4.24. The number of aromatic nitrogens is 1. The average Bonchev–Trinajstić information content (AvgIpc) is 2.95. The van der Waals surface area contributed by atoms with Gasteiger partial charge in [-0.3, -0.25) is 4.90 Å². The molecule has 1 aliphatic carbocycles. The van der Waals surface area contributed by atoms with E-state index in [0.717, 1.165) is 50.5 Å². The lowest BCUT2D eigenvalue weighted by atomic mass is 9.98. The number of rotatable bonds is 3. The Morgan fingerprint density at radius 2 is 2.29 bits per heavy atom. The number of likely N-dealkylation sites (tertiary alicyclic amines) is 1. The summed E-state index contributed by atoms with van der Waals surface area (Å²) in [4.78, 5) is 18.8. The summed E-state index contributed by atoms with van der Waals surface area (Å²) in [6.07, 6.45) is 5.85. The minimum absolute atomic E-state index is 0.321. The van der Waals surface area contributed by atoms with Gasteiger partial charge in [-0.1, -0.05) is 6.92 Å². The van der Waals surface area contributed by atoms with Crippen molar-refractivity contribution in [2.45, 2.75) is 45.6 Å². The molecular formula is C17H24N2O2. The van der Waals surface area contributed by atoms with E-state index < -0.39 is 0 Å². The quantitative estimate of drug-likeness (QED) is 0.802. The van der Waals surface area contributed by atoms with E-state index in [0.29, 0.717) is 5.69 Å². The molecule has 4 nitrogen and oxygen atoms in total. The molecule has 2 heterocycles. The molecule has 0 aromatic carbocycles. The maximum Gasteiger partial charge on any atom is 0.356 e. The van der Waals surface area contributed by atoms with Crippen molar-refractivity contribution in [2.24, 2.45) is 5.92 Å². The molecule has 1 fully saturated rings. The second kappa shape index (κ2) is 6.14. The highest BCUT2D eigenvalue weighted by Gasteiger charge is 2.23. The van der Waals surface area contributed by atoms with Gasteiger partial charge in [0.05, 0.1) is 7.11 Å². The van der Waals surface area contributed by atoms with Gasteiger partial charge in [0.15, 0.2) is 0 Å². The van der Waals surface area contributed by atoms with E-state index in [9.17, 15) is 4.79 Å². The predicted octanol–water partition coefficient (Wildman–Crippen LogP) is 2.59. The zero-order valence-electron chi connectivity index (χ0n) is 13.0. The molecule has 4 heteroatoms. The number of esters is 1. The van der Waals surface area contributed by atoms with Gasteiger partial charge in [-0.2, -0.15) is 0 Å². The van der Waals surface area contributed by atoms with Gasteiger partial charge in [0.2, 0.25) is 0 Å². The normalized spacial score (nSPS) is 22.1. The van der Waals surface area contributed by atoms with Gasteiger partial charge in [0, 0.05) is 18.8 Å². The van der Waals surface area contributed by atoms with Crippen LogP contribution in [0.1, 0.15) is 53.5 Å². The number of carbonyl (C=O) groups is 1. The monoisotopic (exact) mass is 288 g/mol. The zero-order valence-corrected chi connectivity index (χ0v) is 13.0. The first-order chi connectivity index (χ1) is 10.2. The van der Waals surface area contributed by atoms with Gasteiger partial charge in [-0.15, -0.1) is 0 Å². The summed E-state index contributed by atoms with van der Waals surface area (Å²) in [5.74, 6) is 0.451. The van der Waals surface area contributed by atoms with E-state index in [1.165, 1.54) is 31.1 Å². The van der Waals surface area contributed by atoms with Gasteiger partial charge in [-0.25, -0.2) is 9.78 Å². The van der Waals surface area contributed by atoms with Crippen LogP contribution in [0.2, 0.25) is 0 Å². The number of piperidine rings is 1. The lowest BCUT2D eigenvalue weighted by Crippen LogP contribution is -2.34. The third-order valence-electron chi connectivity index (χ3n) is 4.67. The molecule has 0 N–H and O–H groups in total. The number of aryl methyl sites for hydroxylation is 1. The Hall–Kier alpha value is -1.42. The minimum Gasteiger partial charge on any atom is -0.464 e. The molecule has 0 spiro atoms. The molecule has 0 saturated carbocycles. The smallest absolute Gasteiger partial charge is 0.356 e. The van der Waals surface area contributed by atoms with Crippen LogP contribution in [-0.2, 0) is 24.1 Å². The molecule has 1 atom stereocenters. The standard InChI is InChI=1S/C17H24N2O2/c1-12-5-4-8-19(10-12)11-13-9-16(17(20)21-2)18-15-7-3-6-14(13)15/h9,12H,3-8,10-11H2,1-2H3/t12-/m0/s1. The molecule has 2 aliphatic rings. The van der Waals surface area contributed by atoms with Gasteiger partial charge >= 0.3 is 5.97 Å². The van der Waals surface area contributed by atoms with Crippen LogP contribution < -0.4 is 0 Å². The van der Waals surface area contributed by atoms with Crippen molar-refractivity contribution in [3.05, 3.63) is 28.6 Å². The molecule has 1 aliphatic heterocycles. The zero-order chi connectivity index (χ0) is 14.8. The Labute approximate surface area is 126 Å². The van der Waals surface area contributed by atoms with Crippen molar-refractivity contribution in [3.8, 4) is 0 Å². The molecule has 0 amide bonds. The van der Waals surface area contributed by atoms with E-state index in [4.69, 9.17) is 4.74 Å². The first-order valence-corrected chi connectivity index (χ1v) is 7.99. The van der Waals surface area contributed by atoms with Crippen molar-refractivity contribution >= 4 is 5.97 Å². The number of pyridine rings is 1. The Bertz CT molecular complexity index is 542. The first-order valence-electron chi connectivity index (χ1n) is 7.99. The molecule has 1 aromatic rings. The van der Waals surface area contributed by atoms with Crippen molar-refractivity contribution in [1.82, 2.24) is 9.88 Å². The Kier molecular flexibility index (Phi) is 4.24. The van der Waals surface area contributed by atoms with Crippen LogP contribution in [0.15, 0.2) is 6.07 Å². The van der Waals surface area contributed by atoms with Gasteiger partial charge in [0.1, 0.15) is 5.69 Å². The maximum absolute atomic E-state index is 11.8. The lowest BCUT2D eigenvalue weighted by molar-refractivity contribution is 0.0593. The molecular weight excluding hydrogens is 264 g/mol. The number of hydrogen-bond acceptors (Lipinski definition) is 4. The molecule has 0 radical (unpaired) electrons. The summed E-state index contributed by atoms with van der Waals surface area (Å²) in [7, 11) is 1.42. The predicted molar refractivity (Wildman–Crippen MR) is 81.3 cm³/mol. The molecule has 21 heavy (non-hydrogen) atoms. The highest BCUT2D eigenvalue weighted by atomic mass is 16.5. The number of nitrogens with zero attached hydrogens (tertiary/aromatic N) is 2. The van der Waals surface area contributed by atoms with Crippen molar-refractivity contribution in [1.29, 1.82) is 0 Å². The van der Waals surface area contributed by atoms with Crippen LogP contribution in [0.5, 0.6) is 0 Å². The third-order valence-corrected chi connectivity index (χ3v) is 4.67. The second-order valence-electron chi connectivity index (χ2n) is 6.42. The summed E-state index contributed by atoms with van der Waals surface area (Å²) in [6.45, 7) is 5.59. The maximum atomic E-state index is 11.8. The van der Waals surface area contributed by atoms with Crippen molar-refractivity contribution in [3.63, 3.8) is 0 Å². The van der Waals surface area contributed by atoms with Crippen LogP contribution in [0.4, 0.5) is 0 Å². The molecule has 0 bridgehead atoms. The molecule has 0 unspecified atom stereocenters. The van der Waals surface area contributed by atoms with Gasteiger partial charge < -0.3 is 4.74 Å². The SMILES string of the molecule is COC(=O)c1cc(CN2CCC[C@H](C)C2)c2c(n1)CCC2. The summed E-state index contributed by atoms with van der Waals surface area (Å²) >= 11 is 0. The lowest BCUT2D eigenvalue weighted by Gasteiger charge is -2.31. The van der Waals surface area contributed by atoms with E-state index in [1.54, 1.807) is 0 Å². The minimum atomic E-state index is -0.321. The fraction of sp³-hybridized carbons (Fsp3) is 0.647. The van der Waals surface area contributed by atoms with E-state index in [2.05, 4.69) is 16.8 Å². The molecule has 114 valence electrons. The number of carbonyl (C=O) groups excluding carboxylic acids is 1. The Morgan fingerprint density at radius 1 is 1.43 bits per heavy atom. The van der Waals surface area contributed by atoms with E-state index >= 15 is 0 Å². The summed E-state index contributed by atoms with van der Waals surface area (Å²) in [6, 6.07) is 1.95.